The Morgan fingerprint density at radius 3 is 2.39 bits per heavy atom. The zero-order chi connectivity index (χ0) is 14.0. The highest BCUT2D eigenvalue weighted by Crippen LogP contribution is 2.39. The minimum Gasteiger partial charge on any atom is -0.480 e. The van der Waals surface area contributed by atoms with Gasteiger partial charge in [-0.05, 0) is 39.5 Å². The average Bonchev–Trinajstić information content (AvgIpc) is 3.10. The summed E-state index contributed by atoms with van der Waals surface area (Å²) < 4.78 is -1.00. The summed E-state index contributed by atoms with van der Waals surface area (Å²) in [6, 6.07) is 2.13. The number of amides is 1. The Labute approximate surface area is 111 Å². The molecule has 1 unspecified atom stereocenters. The van der Waals surface area contributed by atoms with Gasteiger partial charge in [0.1, 0.15) is 10.3 Å². The van der Waals surface area contributed by atoms with Crippen LogP contribution >= 0.6 is 11.8 Å². The molecule has 0 saturated heterocycles. The molecule has 0 heterocycles. The molecule has 1 saturated carbocycles. The van der Waals surface area contributed by atoms with E-state index in [1.165, 1.54) is 0 Å². The van der Waals surface area contributed by atoms with Crippen molar-refractivity contribution in [2.24, 2.45) is 5.92 Å². The third-order valence-corrected chi connectivity index (χ3v) is 4.41. The molecule has 6 heteroatoms. The van der Waals surface area contributed by atoms with E-state index in [1.54, 1.807) is 20.8 Å². The molecule has 1 amide bonds. The van der Waals surface area contributed by atoms with Crippen molar-refractivity contribution in [2.45, 2.75) is 43.9 Å². The average molecular weight is 270 g/mol. The Kier molecular flexibility index (Phi) is 4.28. The van der Waals surface area contributed by atoms with E-state index in [1.807, 2.05) is 0 Å². The Balaban J connectivity index is 2.47. The number of nitrogens with one attached hydrogen (secondary N) is 1. The van der Waals surface area contributed by atoms with Gasteiger partial charge in [-0.3, -0.25) is 9.59 Å². The molecule has 100 valence electrons. The number of rotatable bonds is 6. The fourth-order valence-corrected chi connectivity index (χ4v) is 2.20. The number of hydrogen-bond donors (Lipinski definition) is 2. The fraction of sp³-hybridized carbons (Fsp3) is 0.750. The van der Waals surface area contributed by atoms with Crippen LogP contribution in [0.3, 0.4) is 0 Å². The largest absolute Gasteiger partial charge is 0.480 e. The molecule has 1 fully saturated rings. The second-order valence-electron chi connectivity index (χ2n) is 5.24. The van der Waals surface area contributed by atoms with Gasteiger partial charge >= 0.3 is 5.97 Å². The van der Waals surface area contributed by atoms with Crippen LogP contribution in [0, 0.1) is 17.2 Å². The molecule has 18 heavy (non-hydrogen) atoms. The Bertz CT molecular complexity index is 399. The van der Waals surface area contributed by atoms with Crippen LogP contribution < -0.4 is 5.32 Å². The van der Waals surface area contributed by atoms with Gasteiger partial charge in [-0.25, -0.2) is 0 Å². The quantitative estimate of drug-likeness (QED) is 0.761. The summed E-state index contributed by atoms with van der Waals surface area (Å²) in [4.78, 5) is 22.6. The number of nitrogens with zero attached hydrogens (tertiary/aromatic N) is 1. The molecule has 0 aromatic rings. The smallest absolute Gasteiger partial charge is 0.319 e. The molecule has 0 spiro atoms. The number of carbonyl (C=O) groups excluding carboxylic acids is 1. The lowest BCUT2D eigenvalue weighted by atomic mass is 9.98. The SMILES string of the molecule is CC(C)(SCC(=O)NC(C)(C#N)C1CC1)C(=O)O. The van der Waals surface area contributed by atoms with Crippen molar-refractivity contribution in [1.82, 2.24) is 5.32 Å². The summed E-state index contributed by atoms with van der Waals surface area (Å²) in [5.41, 5.74) is -0.814. The molecular weight excluding hydrogens is 252 g/mol. The summed E-state index contributed by atoms with van der Waals surface area (Å²) in [6.45, 7) is 4.82. The monoisotopic (exact) mass is 270 g/mol. The lowest BCUT2D eigenvalue weighted by molar-refractivity contribution is -0.138. The summed E-state index contributed by atoms with van der Waals surface area (Å²) in [7, 11) is 0. The first-order chi connectivity index (χ1) is 8.21. The van der Waals surface area contributed by atoms with Crippen LogP contribution in [0.5, 0.6) is 0 Å². The zero-order valence-corrected chi connectivity index (χ0v) is 11.6. The Hall–Kier alpha value is -1.22. The van der Waals surface area contributed by atoms with E-state index in [-0.39, 0.29) is 17.6 Å². The predicted octanol–water partition coefficient (Wildman–Crippen LogP) is 1.39. The van der Waals surface area contributed by atoms with E-state index in [0.717, 1.165) is 24.6 Å². The summed E-state index contributed by atoms with van der Waals surface area (Å²) in [5.74, 6) is -0.969. The van der Waals surface area contributed by atoms with Crippen molar-refractivity contribution in [1.29, 1.82) is 5.26 Å². The highest BCUT2D eigenvalue weighted by atomic mass is 32.2. The molecule has 0 bridgehead atoms. The number of aliphatic carboxylic acids is 1. The van der Waals surface area contributed by atoms with Crippen LogP contribution in [0.25, 0.3) is 0 Å². The van der Waals surface area contributed by atoms with E-state index < -0.39 is 16.3 Å². The minimum absolute atomic E-state index is 0.0449. The van der Waals surface area contributed by atoms with Crippen molar-refractivity contribution in [2.75, 3.05) is 5.75 Å². The van der Waals surface area contributed by atoms with E-state index in [0.29, 0.717) is 0 Å². The van der Waals surface area contributed by atoms with Crippen LogP contribution in [0.4, 0.5) is 0 Å². The maximum absolute atomic E-state index is 11.7. The van der Waals surface area contributed by atoms with E-state index in [9.17, 15) is 9.59 Å². The van der Waals surface area contributed by atoms with Crippen LogP contribution in [-0.2, 0) is 9.59 Å². The zero-order valence-electron chi connectivity index (χ0n) is 10.8. The molecule has 0 aromatic carbocycles. The second-order valence-corrected chi connectivity index (χ2v) is 6.84. The normalized spacial score (nSPS) is 18.6. The first kappa shape index (κ1) is 14.8. The van der Waals surface area contributed by atoms with Gasteiger partial charge in [0.25, 0.3) is 0 Å². The van der Waals surface area contributed by atoms with E-state index in [4.69, 9.17) is 10.4 Å². The molecule has 1 aliphatic carbocycles. The van der Waals surface area contributed by atoms with Crippen molar-refractivity contribution >= 4 is 23.6 Å². The summed E-state index contributed by atoms with van der Waals surface area (Å²) >= 11 is 1.06. The van der Waals surface area contributed by atoms with Crippen LogP contribution in [-0.4, -0.2) is 33.0 Å². The molecule has 1 atom stereocenters. The minimum atomic E-state index is -1.00. The van der Waals surface area contributed by atoms with Gasteiger partial charge in [0, 0.05) is 0 Å². The third-order valence-electron chi connectivity index (χ3n) is 3.10. The van der Waals surface area contributed by atoms with Gasteiger partial charge in [-0.2, -0.15) is 5.26 Å². The Morgan fingerprint density at radius 2 is 2.00 bits per heavy atom. The van der Waals surface area contributed by atoms with Crippen molar-refractivity contribution in [3.63, 3.8) is 0 Å². The molecule has 0 radical (unpaired) electrons. The van der Waals surface area contributed by atoms with Gasteiger partial charge in [-0.15, -0.1) is 11.8 Å². The molecule has 2 N–H and O–H groups in total. The molecule has 1 rings (SSSR count). The number of carboxylic acid groups (broad SMARTS) is 1. The highest BCUT2D eigenvalue weighted by molar-refractivity contribution is 8.01. The van der Waals surface area contributed by atoms with Gasteiger partial charge in [0.05, 0.1) is 11.8 Å². The topological polar surface area (TPSA) is 90.2 Å². The van der Waals surface area contributed by atoms with Crippen molar-refractivity contribution < 1.29 is 14.7 Å². The number of hydrogen-bond acceptors (Lipinski definition) is 4. The summed E-state index contributed by atoms with van der Waals surface area (Å²) in [5, 5.41) is 20.7. The van der Waals surface area contributed by atoms with Gasteiger partial charge < -0.3 is 10.4 Å². The number of thioether (sulfide) groups is 1. The van der Waals surface area contributed by atoms with E-state index in [2.05, 4.69) is 11.4 Å². The fourth-order valence-electron chi connectivity index (χ4n) is 1.52. The van der Waals surface area contributed by atoms with Crippen LogP contribution in [0.1, 0.15) is 33.6 Å². The van der Waals surface area contributed by atoms with E-state index >= 15 is 0 Å². The maximum Gasteiger partial charge on any atom is 0.319 e. The molecule has 0 aromatic heterocycles. The van der Waals surface area contributed by atoms with Crippen molar-refractivity contribution in [3.8, 4) is 6.07 Å². The lowest BCUT2D eigenvalue weighted by Crippen LogP contribution is -2.48. The highest BCUT2D eigenvalue weighted by Gasteiger charge is 2.43. The molecular formula is C12H18N2O3S. The molecule has 0 aliphatic heterocycles. The first-order valence-electron chi connectivity index (χ1n) is 5.81. The maximum atomic E-state index is 11.7. The standard InChI is InChI=1S/C12H18N2O3S/c1-11(2,10(16)17)18-6-9(15)14-12(3,7-13)8-4-5-8/h8H,4-6H2,1-3H3,(H,14,15)(H,16,17). The van der Waals surface area contributed by atoms with Gasteiger partial charge in [0.15, 0.2) is 0 Å². The molecule has 5 nitrogen and oxygen atoms in total. The molecule has 1 aliphatic rings. The first-order valence-corrected chi connectivity index (χ1v) is 6.79. The van der Waals surface area contributed by atoms with Crippen LogP contribution in [0.2, 0.25) is 0 Å². The Morgan fingerprint density at radius 1 is 1.44 bits per heavy atom. The second kappa shape index (κ2) is 5.19. The lowest BCUT2D eigenvalue weighted by Gasteiger charge is -2.24. The van der Waals surface area contributed by atoms with Gasteiger partial charge in [0.2, 0.25) is 5.91 Å². The summed E-state index contributed by atoms with van der Waals surface area (Å²) in [6.07, 6.45) is 1.91. The van der Waals surface area contributed by atoms with Crippen LogP contribution in [0.15, 0.2) is 0 Å². The number of carboxylic acids is 1. The third kappa shape index (κ3) is 3.64. The van der Waals surface area contributed by atoms with Gasteiger partial charge in [-0.1, -0.05) is 0 Å². The predicted molar refractivity (Wildman–Crippen MR) is 69.1 cm³/mol. The number of nitriles is 1. The number of carbonyl (C=O) groups is 2. The van der Waals surface area contributed by atoms with Crippen molar-refractivity contribution in [3.05, 3.63) is 0 Å².